The van der Waals surface area contributed by atoms with Gasteiger partial charge in [-0.2, -0.15) is 0 Å². The van der Waals surface area contributed by atoms with Crippen molar-refractivity contribution in [2.45, 2.75) is 0 Å². The van der Waals surface area contributed by atoms with Crippen LogP contribution in [-0.2, 0) is 18.4 Å². The lowest BCUT2D eigenvalue weighted by molar-refractivity contribution is 0.365. The maximum atomic E-state index is 10.4. The van der Waals surface area contributed by atoms with Crippen molar-refractivity contribution >= 4 is 16.0 Å². The van der Waals surface area contributed by atoms with Crippen LogP contribution in [0.2, 0.25) is 0 Å². The van der Waals surface area contributed by atoms with Crippen molar-refractivity contribution in [2.75, 3.05) is 13.2 Å². The van der Waals surface area contributed by atoms with Crippen LogP contribution in [0.25, 0.3) is 0 Å². The summed E-state index contributed by atoms with van der Waals surface area (Å²) in [5.74, 6) is 3.15. The molecule has 1 saturated heterocycles. The molecule has 0 aromatic rings. The van der Waals surface area contributed by atoms with Gasteiger partial charge in [0.25, 0.3) is 0 Å². The summed E-state index contributed by atoms with van der Waals surface area (Å²) in [7, 11) is -2.55. The van der Waals surface area contributed by atoms with Crippen LogP contribution < -0.4 is 0 Å². The lowest BCUT2D eigenvalue weighted by atomic mass is 10.8. The summed E-state index contributed by atoms with van der Waals surface area (Å²) in [4.78, 5) is 0. The molecular formula is C3H6O3S. The molecule has 0 aliphatic carbocycles. The van der Waals surface area contributed by atoms with Gasteiger partial charge in [0.2, 0.25) is 0 Å². The molecule has 0 aromatic heterocycles. The minimum atomic E-state index is -2.55. The molecule has 0 N–H and O–H groups in total. The van der Waals surface area contributed by atoms with Gasteiger partial charge in [0.1, 0.15) is 0 Å². The van der Waals surface area contributed by atoms with Gasteiger partial charge in [-0.3, -0.25) is 8.37 Å². The Morgan fingerprint density at radius 1 is 1.43 bits per heavy atom. The molecule has 0 unspecified atom stereocenters. The second kappa shape index (κ2) is 1.47. The summed E-state index contributed by atoms with van der Waals surface area (Å²) in [5, 5.41) is 0. The second-order valence-electron chi connectivity index (χ2n) is 1.20. The zero-order valence-corrected chi connectivity index (χ0v) is 4.57. The standard InChI is InChI=1S/C3H6O3S/c1-7(4)5-2-3-6-7/h1-3H2. The zero-order valence-electron chi connectivity index (χ0n) is 3.75. The van der Waals surface area contributed by atoms with Crippen molar-refractivity contribution in [3.63, 3.8) is 0 Å². The first kappa shape index (κ1) is 5.08. The molecule has 1 aliphatic rings. The fourth-order valence-corrected chi connectivity index (χ4v) is 1.07. The van der Waals surface area contributed by atoms with Gasteiger partial charge < -0.3 is 0 Å². The predicted octanol–water partition coefficient (Wildman–Crippen LogP) is -0.420. The Balaban J connectivity index is 2.76. The summed E-state index contributed by atoms with van der Waals surface area (Å²) in [5.41, 5.74) is 0. The summed E-state index contributed by atoms with van der Waals surface area (Å²) in [6.45, 7) is 0.810. The van der Waals surface area contributed by atoms with E-state index in [1.165, 1.54) is 0 Å². The van der Waals surface area contributed by atoms with Crippen molar-refractivity contribution in [2.24, 2.45) is 0 Å². The van der Waals surface area contributed by atoms with E-state index in [-0.39, 0.29) is 0 Å². The third kappa shape index (κ3) is 1.15. The van der Waals surface area contributed by atoms with Gasteiger partial charge in [-0.15, -0.1) is 0 Å². The third-order valence-corrected chi connectivity index (χ3v) is 1.66. The Morgan fingerprint density at radius 2 is 1.86 bits per heavy atom. The van der Waals surface area contributed by atoms with Gasteiger partial charge in [0.15, 0.2) is 10.1 Å². The Morgan fingerprint density at radius 3 is 2.00 bits per heavy atom. The number of hydrogen-bond donors (Lipinski definition) is 0. The largest absolute Gasteiger partial charge is 0.276 e. The maximum absolute atomic E-state index is 10.4. The lowest BCUT2D eigenvalue weighted by Gasteiger charge is -1.90. The van der Waals surface area contributed by atoms with Crippen LogP contribution in [-0.4, -0.2) is 23.3 Å². The first-order valence-corrected chi connectivity index (χ1v) is 3.44. The molecule has 42 valence electrons. The maximum Gasteiger partial charge on any atom is 0.198 e. The minimum absolute atomic E-state index is 0.405. The molecule has 1 aliphatic heterocycles. The molecule has 0 amide bonds. The summed E-state index contributed by atoms with van der Waals surface area (Å²) in [6, 6.07) is 0. The van der Waals surface area contributed by atoms with Crippen LogP contribution in [0.5, 0.6) is 0 Å². The SMILES string of the molecule is C=S1(=O)OCCO1. The van der Waals surface area contributed by atoms with Gasteiger partial charge in [0.05, 0.1) is 13.2 Å². The zero-order chi connectivity index (χ0) is 5.33. The smallest absolute Gasteiger partial charge is 0.198 e. The van der Waals surface area contributed by atoms with Crippen LogP contribution >= 0.6 is 0 Å². The summed E-state index contributed by atoms with van der Waals surface area (Å²) >= 11 is 0. The number of hydrogen-bond acceptors (Lipinski definition) is 3. The van der Waals surface area contributed by atoms with Crippen LogP contribution in [0.4, 0.5) is 0 Å². The van der Waals surface area contributed by atoms with E-state index < -0.39 is 10.1 Å². The highest BCUT2D eigenvalue weighted by atomic mass is 32.2. The highest BCUT2D eigenvalue weighted by molar-refractivity contribution is 7.91. The van der Waals surface area contributed by atoms with E-state index in [0.717, 1.165) is 0 Å². The average Bonchev–Trinajstić information content (AvgIpc) is 1.84. The predicted molar refractivity (Wildman–Crippen MR) is 27.2 cm³/mol. The highest BCUT2D eigenvalue weighted by Crippen LogP contribution is 2.02. The molecule has 0 saturated carbocycles. The molecule has 7 heavy (non-hydrogen) atoms. The molecule has 1 rings (SSSR count). The fraction of sp³-hybridized carbons (Fsp3) is 0.667. The highest BCUT2D eigenvalue weighted by Gasteiger charge is 2.10. The molecule has 1 heterocycles. The fourth-order valence-electron chi connectivity index (χ4n) is 0.356. The average molecular weight is 122 g/mol. The molecule has 0 aromatic carbocycles. The minimum Gasteiger partial charge on any atom is -0.276 e. The molecule has 4 heteroatoms. The summed E-state index contributed by atoms with van der Waals surface area (Å²) < 4.78 is 19.5. The van der Waals surface area contributed by atoms with Crippen molar-refractivity contribution in [1.82, 2.24) is 0 Å². The Labute approximate surface area is 42.7 Å². The topological polar surface area (TPSA) is 35.5 Å². The van der Waals surface area contributed by atoms with Gasteiger partial charge in [-0.25, -0.2) is 4.21 Å². The van der Waals surface area contributed by atoms with E-state index in [2.05, 4.69) is 14.2 Å². The van der Waals surface area contributed by atoms with E-state index in [1.807, 2.05) is 0 Å². The van der Waals surface area contributed by atoms with Crippen molar-refractivity contribution < 1.29 is 12.6 Å². The Bertz CT molecular complexity index is 134. The van der Waals surface area contributed by atoms with Crippen molar-refractivity contribution in [3.05, 3.63) is 0 Å². The second-order valence-corrected chi connectivity index (χ2v) is 2.79. The molecule has 1 fully saturated rings. The molecule has 0 radical (unpaired) electrons. The van der Waals surface area contributed by atoms with Gasteiger partial charge in [0, 0.05) is 5.87 Å². The van der Waals surface area contributed by atoms with Crippen LogP contribution in [0, 0.1) is 0 Å². The van der Waals surface area contributed by atoms with E-state index in [9.17, 15) is 4.21 Å². The Kier molecular flexibility index (Phi) is 1.07. The first-order chi connectivity index (χ1) is 3.21. The monoisotopic (exact) mass is 122 g/mol. The van der Waals surface area contributed by atoms with Gasteiger partial charge >= 0.3 is 0 Å². The van der Waals surface area contributed by atoms with Crippen LogP contribution in [0.1, 0.15) is 0 Å². The van der Waals surface area contributed by atoms with Gasteiger partial charge in [-0.1, -0.05) is 0 Å². The van der Waals surface area contributed by atoms with E-state index >= 15 is 0 Å². The summed E-state index contributed by atoms with van der Waals surface area (Å²) in [6.07, 6.45) is 0. The van der Waals surface area contributed by atoms with E-state index in [0.29, 0.717) is 13.2 Å². The molecule has 0 spiro atoms. The van der Waals surface area contributed by atoms with Crippen LogP contribution in [0.3, 0.4) is 0 Å². The molecule has 0 atom stereocenters. The molecule has 3 nitrogen and oxygen atoms in total. The molecule has 0 bridgehead atoms. The van der Waals surface area contributed by atoms with Crippen LogP contribution in [0.15, 0.2) is 0 Å². The quantitative estimate of drug-likeness (QED) is 0.409. The van der Waals surface area contributed by atoms with E-state index in [4.69, 9.17) is 0 Å². The van der Waals surface area contributed by atoms with Gasteiger partial charge in [-0.05, 0) is 0 Å². The normalized spacial score (nSPS) is 28.0. The number of rotatable bonds is 0. The third-order valence-electron chi connectivity index (χ3n) is 0.609. The van der Waals surface area contributed by atoms with E-state index in [1.54, 1.807) is 0 Å². The first-order valence-electron chi connectivity index (χ1n) is 1.87. The molecular weight excluding hydrogens is 116 g/mol. The Hall–Kier alpha value is -0.0600. The van der Waals surface area contributed by atoms with Crippen molar-refractivity contribution in [1.29, 1.82) is 0 Å². The van der Waals surface area contributed by atoms with Crippen molar-refractivity contribution in [3.8, 4) is 0 Å². The lowest BCUT2D eigenvalue weighted by Crippen LogP contribution is -1.94.